The maximum atomic E-state index is 13.4. The van der Waals surface area contributed by atoms with E-state index < -0.39 is 0 Å². The summed E-state index contributed by atoms with van der Waals surface area (Å²) in [6, 6.07) is 23.5. The minimum Gasteiger partial charge on any atom is -0.319 e. The van der Waals surface area contributed by atoms with E-state index in [1.165, 1.54) is 23.3 Å². The lowest BCUT2D eigenvalue weighted by Gasteiger charge is -2.12. The second-order valence-corrected chi connectivity index (χ2v) is 7.07. The van der Waals surface area contributed by atoms with Crippen molar-refractivity contribution in [2.75, 3.05) is 0 Å². The fourth-order valence-electron chi connectivity index (χ4n) is 3.42. The number of hydrogen-bond acceptors (Lipinski definition) is 1. The summed E-state index contributed by atoms with van der Waals surface area (Å²) in [5.74, 6) is 1.20. The van der Waals surface area contributed by atoms with Crippen LogP contribution in [0, 0.1) is 5.82 Å². The van der Waals surface area contributed by atoms with Gasteiger partial charge in [0.15, 0.2) is 0 Å². The third-order valence-electron chi connectivity index (χ3n) is 5.26. The van der Waals surface area contributed by atoms with E-state index in [9.17, 15) is 4.39 Å². The first-order valence-electron chi connectivity index (χ1n) is 9.45. The van der Waals surface area contributed by atoms with Gasteiger partial charge in [-0.3, -0.25) is 0 Å². The molecule has 1 aromatic heterocycles. The average Bonchev–Trinajstić information content (AvgIpc) is 3.07. The van der Waals surface area contributed by atoms with E-state index in [0.29, 0.717) is 5.92 Å². The fourth-order valence-corrected chi connectivity index (χ4v) is 3.42. The first-order chi connectivity index (χ1) is 13.2. The van der Waals surface area contributed by atoms with Gasteiger partial charge in [0.1, 0.15) is 11.6 Å². The van der Waals surface area contributed by atoms with Crippen molar-refractivity contribution in [1.29, 1.82) is 0 Å². The third-order valence-corrected chi connectivity index (χ3v) is 5.26. The van der Waals surface area contributed by atoms with Crippen molar-refractivity contribution in [2.24, 2.45) is 0 Å². The molecule has 0 fully saturated rings. The number of rotatable bonds is 5. The average molecular weight is 358 g/mol. The molecule has 0 aliphatic rings. The topological polar surface area (TPSA) is 17.8 Å². The van der Waals surface area contributed by atoms with Crippen LogP contribution in [-0.2, 0) is 6.54 Å². The van der Waals surface area contributed by atoms with Crippen molar-refractivity contribution >= 4 is 11.0 Å². The molecule has 27 heavy (non-hydrogen) atoms. The highest BCUT2D eigenvalue weighted by molar-refractivity contribution is 5.80. The number of para-hydroxylation sites is 2. The Morgan fingerprint density at radius 1 is 0.926 bits per heavy atom. The van der Waals surface area contributed by atoms with Gasteiger partial charge >= 0.3 is 0 Å². The van der Waals surface area contributed by atoms with Crippen LogP contribution in [0.15, 0.2) is 72.8 Å². The Hall–Kier alpha value is -2.94. The zero-order chi connectivity index (χ0) is 18.8. The van der Waals surface area contributed by atoms with Crippen LogP contribution >= 0.6 is 0 Å². The van der Waals surface area contributed by atoms with Crippen molar-refractivity contribution in [2.45, 2.75) is 32.7 Å². The molecule has 1 heterocycles. The first kappa shape index (κ1) is 17.5. The summed E-state index contributed by atoms with van der Waals surface area (Å²) in [4.78, 5) is 4.81. The smallest absolute Gasteiger partial charge is 0.141 e. The summed E-state index contributed by atoms with van der Waals surface area (Å²) in [6.07, 6.45) is 1.14. The lowest BCUT2D eigenvalue weighted by atomic mass is 9.97. The van der Waals surface area contributed by atoms with Gasteiger partial charge in [-0.15, -0.1) is 0 Å². The van der Waals surface area contributed by atoms with Crippen molar-refractivity contribution < 1.29 is 4.39 Å². The molecule has 136 valence electrons. The van der Waals surface area contributed by atoms with Crippen molar-refractivity contribution in [3.8, 4) is 11.4 Å². The molecule has 0 aliphatic heterocycles. The largest absolute Gasteiger partial charge is 0.319 e. The number of benzene rings is 3. The second-order valence-electron chi connectivity index (χ2n) is 7.07. The Kier molecular flexibility index (Phi) is 4.76. The standard InChI is InChI=1S/C24H23FN2/c1-3-17(2)19-10-8-18(9-11-19)16-27-23-7-5-4-6-22(23)26-24(27)20-12-14-21(25)15-13-20/h4-15,17H,3,16H2,1-2H3. The van der Waals surface area contributed by atoms with Crippen LogP contribution in [0.3, 0.4) is 0 Å². The molecule has 0 aliphatic carbocycles. The summed E-state index contributed by atoms with van der Waals surface area (Å²) in [6.45, 7) is 5.20. The highest BCUT2D eigenvalue weighted by Gasteiger charge is 2.13. The first-order valence-corrected chi connectivity index (χ1v) is 9.45. The van der Waals surface area contributed by atoms with Crippen molar-refractivity contribution in [1.82, 2.24) is 9.55 Å². The van der Waals surface area contributed by atoms with E-state index in [2.05, 4.69) is 48.7 Å². The minimum atomic E-state index is -0.234. The zero-order valence-electron chi connectivity index (χ0n) is 15.7. The lowest BCUT2D eigenvalue weighted by Crippen LogP contribution is -2.03. The number of nitrogens with zero attached hydrogens (tertiary/aromatic N) is 2. The minimum absolute atomic E-state index is 0.234. The number of halogens is 1. The van der Waals surface area contributed by atoms with E-state index in [1.54, 1.807) is 12.1 Å². The number of aromatic nitrogens is 2. The van der Waals surface area contributed by atoms with Crippen LogP contribution in [0.25, 0.3) is 22.4 Å². The molecule has 0 saturated heterocycles. The maximum absolute atomic E-state index is 13.4. The van der Waals surface area contributed by atoms with Crippen LogP contribution in [0.5, 0.6) is 0 Å². The molecular weight excluding hydrogens is 335 g/mol. The number of hydrogen-bond donors (Lipinski definition) is 0. The number of imidazole rings is 1. The van der Waals surface area contributed by atoms with E-state index in [1.807, 2.05) is 18.2 Å². The van der Waals surface area contributed by atoms with E-state index in [0.717, 1.165) is 35.4 Å². The Balaban J connectivity index is 1.76. The molecule has 4 aromatic rings. The predicted octanol–water partition coefficient (Wildman–Crippen LogP) is 6.40. The van der Waals surface area contributed by atoms with Crippen LogP contribution in [0.4, 0.5) is 4.39 Å². The van der Waals surface area contributed by atoms with E-state index in [-0.39, 0.29) is 5.82 Å². The van der Waals surface area contributed by atoms with Crippen molar-refractivity contribution in [3.05, 3.63) is 89.7 Å². The molecule has 1 atom stereocenters. The molecular formula is C24H23FN2. The van der Waals surface area contributed by atoms with Crippen LogP contribution < -0.4 is 0 Å². The van der Waals surface area contributed by atoms with Crippen LogP contribution in [-0.4, -0.2) is 9.55 Å². The molecule has 0 spiro atoms. The SMILES string of the molecule is CCC(C)c1ccc(Cn2c(-c3ccc(F)cc3)nc3ccccc32)cc1. The molecule has 0 bridgehead atoms. The number of fused-ring (bicyclic) bond motifs is 1. The van der Waals surface area contributed by atoms with Gasteiger partial charge in [0.25, 0.3) is 0 Å². The molecule has 0 radical (unpaired) electrons. The Labute approximate surface area is 159 Å². The van der Waals surface area contributed by atoms with Gasteiger partial charge in [-0.05, 0) is 59.9 Å². The third kappa shape index (κ3) is 3.50. The Morgan fingerprint density at radius 3 is 2.33 bits per heavy atom. The van der Waals surface area contributed by atoms with Gasteiger partial charge in [0.05, 0.1) is 11.0 Å². The predicted molar refractivity (Wildman–Crippen MR) is 109 cm³/mol. The van der Waals surface area contributed by atoms with Gasteiger partial charge in [-0.1, -0.05) is 50.2 Å². The molecule has 1 unspecified atom stereocenters. The van der Waals surface area contributed by atoms with Gasteiger partial charge in [-0.25, -0.2) is 9.37 Å². The Morgan fingerprint density at radius 2 is 1.63 bits per heavy atom. The quantitative estimate of drug-likeness (QED) is 0.403. The molecule has 3 aromatic carbocycles. The lowest BCUT2D eigenvalue weighted by molar-refractivity contribution is 0.628. The second kappa shape index (κ2) is 7.36. The van der Waals surface area contributed by atoms with Crippen molar-refractivity contribution in [3.63, 3.8) is 0 Å². The molecule has 0 saturated carbocycles. The van der Waals surface area contributed by atoms with Crippen LogP contribution in [0.1, 0.15) is 37.3 Å². The summed E-state index contributed by atoms with van der Waals surface area (Å²) >= 11 is 0. The highest BCUT2D eigenvalue weighted by atomic mass is 19.1. The van der Waals surface area contributed by atoms with Gasteiger partial charge < -0.3 is 4.57 Å². The molecule has 0 N–H and O–H groups in total. The molecule has 3 heteroatoms. The summed E-state index contributed by atoms with van der Waals surface area (Å²) in [7, 11) is 0. The van der Waals surface area contributed by atoms with Gasteiger partial charge in [0, 0.05) is 12.1 Å². The Bertz CT molecular complexity index is 1050. The molecule has 4 rings (SSSR count). The summed E-state index contributed by atoms with van der Waals surface area (Å²) < 4.78 is 15.6. The highest BCUT2D eigenvalue weighted by Crippen LogP contribution is 2.27. The van der Waals surface area contributed by atoms with E-state index >= 15 is 0 Å². The summed E-state index contributed by atoms with van der Waals surface area (Å²) in [5.41, 5.74) is 5.56. The normalized spacial score (nSPS) is 12.4. The maximum Gasteiger partial charge on any atom is 0.141 e. The molecule has 2 nitrogen and oxygen atoms in total. The van der Waals surface area contributed by atoms with Gasteiger partial charge in [0.2, 0.25) is 0 Å². The van der Waals surface area contributed by atoms with E-state index in [4.69, 9.17) is 4.98 Å². The van der Waals surface area contributed by atoms with Crippen LogP contribution in [0.2, 0.25) is 0 Å². The fraction of sp³-hybridized carbons (Fsp3) is 0.208. The summed E-state index contributed by atoms with van der Waals surface area (Å²) in [5, 5.41) is 0. The molecule has 0 amide bonds. The monoisotopic (exact) mass is 358 g/mol. The zero-order valence-corrected chi connectivity index (χ0v) is 15.7. The van der Waals surface area contributed by atoms with Gasteiger partial charge in [-0.2, -0.15) is 0 Å².